The third-order valence-corrected chi connectivity index (χ3v) is 1.95. The molecule has 0 N–H and O–H groups in total. The molecule has 0 atom stereocenters. The van der Waals surface area contributed by atoms with E-state index in [1.54, 1.807) is 18.0 Å². The third kappa shape index (κ3) is 3.45. The van der Waals surface area contributed by atoms with Crippen molar-refractivity contribution in [3.05, 3.63) is 24.3 Å². The predicted molar refractivity (Wildman–Crippen MR) is 56.5 cm³/mol. The molecule has 0 rings (SSSR count). The van der Waals surface area contributed by atoms with Crippen LogP contribution < -0.4 is 0 Å². The first-order valence-corrected chi connectivity index (χ1v) is 4.40. The zero-order valence-corrected chi connectivity index (χ0v) is 9.22. The summed E-state index contributed by atoms with van der Waals surface area (Å²) in [5.74, 6) is -0.0226. The van der Waals surface area contributed by atoms with Crippen LogP contribution in [0, 0.1) is 0 Å². The fourth-order valence-electron chi connectivity index (χ4n) is 0.793. The highest BCUT2D eigenvalue weighted by molar-refractivity contribution is 5.95. The van der Waals surface area contributed by atoms with Crippen molar-refractivity contribution in [2.75, 3.05) is 7.05 Å². The summed E-state index contributed by atoms with van der Waals surface area (Å²) >= 11 is 0. The van der Waals surface area contributed by atoms with Gasteiger partial charge < -0.3 is 4.90 Å². The molecule has 0 saturated carbocycles. The van der Waals surface area contributed by atoms with Crippen LogP contribution in [-0.2, 0) is 4.79 Å². The molecule has 0 aromatic carbocycles. The number of nitrogens with zero attached hydrogens (tertiary/aromatic N) is 1. The molecule has 2 nitrogen and oxygen atoms in total. The van der Waals surface area contributed by atoms with E-state index in [2.05, 4.69) is 6.58 Å². The Balaban J connectivity index is 4.53. The molecule has 0 aliphatic heterocycles. The molecule has 0 saturated heterocycles. The van der Waals surface area contributed by atoms with Crippen LogP contribution in [0.2, 0.25) is 0 Å². The summed E-state index contributed by atoms with van der Waals surface area (Å²) in [7, 11) is 1.79. The Bertz CT molecular complexity index is 233. The van der Waals surface area contributed by atoms with Gasteiger partial charge >= 0.3 is 0 Å². The molecular weight excluding hydrogens is 162 g/mol. The Morgan fingerprint density at radius 1 is 1.38 bits per heavy atom. The number of carbonyl (C=O) groups is 1. The van der Waals surface area contributed by atoms with Gasteiger partial charge in [-0.1, -0.05) is 18.7 Å². The van der Waals surface area contributed by atoms with Gasteiger partial charge in [-0.2, -0.15) is 0 Å². The lowest BCUT2D eigenvalue weighted by atomic mass is 10.1. The van der Waals surface area contributed by atoms with Gasteiger partial charge in [0.1, 0.15) is 0 Å². The zero-order valence-electron chi connectivity index (χ0n) is 9.22. The van der Waals surface area contributed by atoms with Crippen LogP contribution in [-0.4, -0.2) is 23.4 Å². The average Bonchev–Trinajstić information content (AvgIpc) is 2.00. The maximum atomic E-state index is 11.7. The van der Waals surface area contributed by atoms with E-state index in [0.29, 0.717) is 5.57 Å². The highest BCUT2D eigenvalue weighted by atomic mass is 16.2. The van der Waals surface area contributed by atoms with Crippen molar-refractivity contribution in [2.45, 2.75) is 33.2 Å². The maximum Gasteiger partial charge on any atom is 0.253 e. The lowest BCUT2D eigenvalue weighted by Crippen LogP contribution is -2.42. The van der Waals surface area contributed by atoms with Gasteiger partial charge in [0, 0.05) is 18.2 Å². The number of amides is 1. The Hall–Kier alpha value is -1.05. The zero-order chi connectivity index (χ0) is 10.6. The largest absolute Gasteiger partial charge is 0.337 e. The fourth-order valence-corrected chi connectivity index (χ4v) is 0.793. The van der Waals surface area contributed by atoms with E-state index in [1.165, 1.54) is 0 Å². The van der Waals surface area contributed by atoms with Crippen LogP contribution in [0.4, 0.5) is 0 Å². The second-order valence-electron chi connectivity index (χ2n) is 4.06. The number of rotatable bonds is 2. The molecular formula is C11H19NO. The molecule has 74 valence electrons. The summed E-state index contributed by atoms with van der Waals surface area (Å²) in [6.07, 6.45) is 3.54. The number of likely N-dealkylation sites (N-methyl/N-ethyl adjacent to an activating group) is 1. The van der Waals surface area contributed by atoms with Crippen LogP contribution in [0.25, 0.3) is 0 Å². The van der Waals surface area contributed by atoms with Gasteiger partial charge in [0.05, 0.1) is 0 Å². The van der Waals surface area contributed by atoms with Crippen LogP contribution >= 0.6 is 0 Å². The highest BCUT2D eigenvalue weighted by Gasteiger charge is 2.22. The summed E-state index contributed by atoms with van der Waals surface area (Å²) in [6, 6.07) is 0. The van der Waals surface area contributed by atoms with Crippen LogP contribution in [0.3, 0.4) is 0 Å². The van der Waals surface area contributed by atoms with Crippen molar-refractivity contribution in [1.29, 1.82) is 0 Å². The monoisotopic (exact) mass is 181 g/mol. The second-order valence-corrected chi connectivity index (χ2v) is 4.06. The normalized spacial score (nSPS) is 11.8. The van der Waals surface area contributed by atoms with Crippen molar-refractivity contribution in [3.63, 3.8) is 0 Å². The molecule has 0 radical (unpaired) electrons. The number of allylic oxidation sites excluding steroid dienone is 1. The van der Waals surface area contributed by atoms with Gasteiger partial charge in [-0.05, 0) is 27.7 Å². The van der Waals surface area contributed by atoms with E-state index in [0.717, 1.165) is 0 Å². The molecule has 0 bridgehead atoms. The summed E-state index contributed by atoms with van der Waals surface area (Å²) < 4.78 is 0. The average molecular weight is 181 g/mol. The molecule has 0 heterocycles. The first-order chi connectivity index (χ1) is 5.80. The Kier molecular flexibility index (Phi) is 3.92. The maximum absolute atomic E-state index is 11.7. The van der Waals surface area contributed by atoms with Crippen LogP contribution in [0.5, 0.6) is 0 Å². The summed E-state index contributed by atoms with van der Waals surface area (Å²) in [6.45, 7) is 11.6. The molecule has 2 heteroatoms. The van der Waals surface area contributed by atoms with Crippen LogP contribution in [0.1, 0.15) is 27.7 Å². The summed E-state index contributed by atoms with van der Waals surface area (Å²) in [5.41, 5.74) is 0.377. The molecule has 0 aromatic rings. The van der Waals surface area contributed by atoms with E-state index < -0.39 is 0 Å². The van der Waals surface area contributed by atoms with Crippen LogP contribution in [0.15, 0.2) is 24.3 Å². The topological polar surface area (TPSA) is 20.3 Å². The highest BCUT2D eigenvalue weighted by Crippen LogP contribution is 2.13. The van der Waals surface area contributed by atoms with Crippen molar-refractivity contribution >= 4 is 5.91 Å². The van der Waals surface area contributed by atoms with Crippen molar-refractivity contribution in [3.8, 4) is 0 Å². The fraction of sp³-hybridized carbons (Fsp3) is 0.545. The second kappa shape index (κ2) is 4.26. The van der Waals surface area contributed by atoms with Gasteiger partial charge in [0.25, 0.3) is 5.91 Å². The molecule has 1 amide bonds. The molecule has 0 unspecified atom stereocenters. The van der Waals surface area contributed by atoms with Crippen molar-refractivity contribution in [2.24, 2.45) is 0 Å². The molecule has 0 aliphatic carbocycles. The molecule has 0 aliphatic rings. The lowest BCUT2D eigenvalue weighted by Gasteiger charge is -2.32. The molecule has 0 aromatic heterocycles. The third-order valence-electron chi connectivity index (χ3n) is 1.95. The Labute approximate surface area is 80.9 Å². The summed E-state index contributed by atoms with van der Waals surface area (Å²) in [5, 5.41) is 0. The number of hydrogen-bond acceptors (Lipinski definition) is 1. The predicted octanol–water partition coefficient (Wildman–Crippen LogP) is 2.38. The smallest absolute Gasteiger partial charge is 0.253 e. The first kappa shape index (κ1) is 11.9. The minimum atomic E-state index is -0.151. The van der Waals surface area contributed by atoms with E-state index in [-0.39, 0.29) is 11.4 Å². The van der Waals surface area contributed by atoms with E-state index in [4.69, 9.17) is 0 Å². The Morgan fingerprint density at radius 2 is 1.85 bits per heavy atom. The van der Waals surface area contributed by atoms with Gasteiger partial charge in [-0.15, -0.1) is 0 Å². The number of hydrogen-bond donors (Lipinski definition) is 0. The lowest BCUT2D eigenvalue weighted by molar-refractivity contribution is -0.129. The minimum absolute atomic E-state index is 0.0226. The van der Waals surface area contributed by atoms with Gasteiger partial charge in [-0.3, -0.25) is 4.79 Å². The summed E-state index contributed by atoms with van der Waals surface area (Å²) in [4.78, 5) is 13.3. The number of carbonyl (C=O) groups excluding carboxylic acids is 1. The quantitative estimate of drug-likeness (QED) is 0.473. The SMILES string of the molecule is C=C(/C=C\C)C(=O)N(C)C(C)(C)C. The van der Waals surface area contributed by atoms with E-state index in [1.807, 2.05) is 33.8 Å². The first-order valence-electron chi connectivity index (χ1n) is 4.40. The molecule has 0 spiro atoms. The van der Waals surface area contributed by atoms with Gasteiger partial charge in [-0.25, -0.2) is 0 Å². The molecule has 13 heavy (non-hydrogen) atoms. The molecule has 0 fully saturated rings. The Morgan fingerprint density at radius 3 is 2.15 bits per heavy atom. The van der Waals surface area contributed by atoms with Crippen molar-refractivity contribution < 1.29 is 4.79 Å². The standard InChI is InChI=1S/C11H19NO/c1-7-8-9(2)10(13)12(6)11(3,4)5/h7-8H,2H2,1,3-6H3/b8-7-. The van der Waals surface area contributed by atoms with E-state index in [9.17, 15) is 4.79 Å². The van der Waals surface area contributed by atoms with Crippen molar-refractivity contribution in [1.82, 2.24) is 4.90 Å². The minimum Gasteiger partial charge on any atom is -0.337 e. The van der Waals surface area contributed by atoms with Gasteiger partial charge in [0.15, 0.2) is 0 Å². The van der Waals surface area contributed by atoms with Gasteiger partial charge in [0.2, 0.25) is 0 Å². The van der Waals surface area contributed by atoms with E-state index >= 15 is 0 Å².